The van der Waals surface area contributed by atoms with E-state index in [1.807, 2.05) is 18.2 Å². The summed E-state index contributed by atoms with van der Waals surface area (Å²) < 4.78 is 27.8. The van der Waals surface area contributed by atoms with Crippen LogP contribution in [0, 0.1) is 11.6 Å². The number of aryl methyl sites for hydroxylation is 1. The highest BCUT2D eigenvalue weighted by Crippen LogP contribution is 2.30. The summed E-state index contributed by atoms with van der Waals surface area (Å²) in [7, 11) is 0. The summed E-state index contributed by atoms with van der Waals surface area (Å²) in [6.07, 6.45) is 4.61. The third kappa shape index (κ3) is 3.42. The summed E-state index contributed by atoms with van der Waals surface area (Å²) in [6.45, 7) is 2.19. The molecule has 0 unspecified atom stereocenters. The van der Waals surface area contributed by atoms with Gasteiger partial charge in [0.05, 0.1) is 0 Å². The summed E-state index contributed by atoms with van der Waals surface area (Å²) >= 11 is 0. The Balaban J connectivity index is 1.96. The monoisotopic (exact) mass is 310 g/mol. The molecule has 0 spiro atoms. The van der Waals surface area contributed by atoms with Crippen LogP contribution in [0.2, 0.25) is 0 Å². The maximum Gasteiger partial charge on any atom is 0.138 e. The molecule has 0 nitrogen and oxygen atoms in total. The molecule has 0 saturated heterocycles. The van der Waals surface area contributed by atoms with E-state index < -0.39 is 0 Å². The number of fused-ring (bicyclic) bond motifs is 1. The van der Waals surface area contributed by atoms with Gasteiger partial charge in [0.1, 0.15) is 11.6 Å². The van der Waals surface area contributed by atoms with E-state index >= 15 is 0 Å². The molecular weight excluding hydrogens is 290 g/mol. The van der Waals surface area contributed by atoms with Crippen molar-refractivity contribution >= 4 is 10.8 Å². The normalized spacial score (nSPS) is 11.1. The van der Waals surface area contributed by atoms with Crippen LogP contribution in [0.15, 0.2) is 54.6 Å². The lowest BCUT2D eigenvalue weighted by Crippen LogP contribution is -1.90. The van der Waals surface area contributed by atoms with Crippen LogP contribution in [0.25, 0.3) is 21.9 Å². The van der Waals surface area contributed by atoms with Gasteiger partial charge < -0.3 is 0 Å². The number of rotatable bonds is 5. The van der Waals surface area contributed by atoms with E-state index in [2.05, 4.69) is 13.0 Å². The van der Waals surface area contributed by atoms with Gasteiger partial charge in [-0.3, -0.25) is 0 Å². The zero-order valence-electron chi connectivity index (χ0n) is 13.3. The van der Waals surface area contributed by atoms with Gasteiger partial charge in [0, 0.05) is 10.9 Å². The van der Waals surface area contributed by atoms with Gasteiger partial charge in [0.15, 0.2) is 0 Å². The smallest absolute Gasteiger partial charge is 0.138 e. The molecule has 118 valence electrons. The predicted octanol–water partition coefficient (Wildman–Crippen LogP) is 6.52. The fraction of sp³-hybridized carbons (Fsp3) is 0.238. The van der Waals surface area contributed by atoms with E-state index in [1.54, 1.807) is 18.2 Å². The van der Waals surface area contributed by atoms with Crippen LogP contribution in [-0.4, -0.2) is 0 Å². The van der Waals surface area contributed by atoms with E-state index in [0.29, 0.717) is 16.5 Å². The Morgan fingerprint density at radius 2 is 1.61 bits per heavy atom. The van der Waals surface area contributed by atoms with Crippen molar-refractivity contribution in [2.45, 2.75) is 32.6 Å². The van der Waals surface area contributed by atoms with E-state index in [9.17, 15) is 8.78 Å². The second-order valence-corrected chi connectivity index (χ2v) is 5.95. The van der Waals surface area contributed by atoms with Crippen molar-refractivity contribution in [3.8, 4) is 11.1 Å². The van der Waals surface area contributed by atoms with Crippen LogP contribution in [-0.2, 0) is 6.42 Å². The first-order valence-electron chi connectivity index (χ1n) is 8.16. The minimum absolute atomic E-state index is 0.241. The van der Waals surface area contributed by atoms with Crippen molar-refractivity contribution in [2.24, 2.45) is 0 Å². The second-order valence-electron chi connectivity index (χ2n) is 5.95. The molecule has 0 aliphatic heterocycles. The van der Waals surface area contributed by atoms with Gasteiger partial charge in [-0.2, -0.15) is 0 Å². The van der Waals surface area contributed by atoms with Gasteiger partial charge in [-0.25, -0.2) is 8.78 Å². The lowest BCUT2D eigenvalue weighted by atomic mass is 9.97. The quantitative estimate of drug-likeness (QED) is 0.471. The van der Waals surface area contributed by atoms with Crippen molar-refractivity contribution in [3.63, 3.8) is 0 Å². The van der Waals surface area contributed by atoms with Crippen molar-refractivity contribution in [1.29, 1.82) is 0 Å². The van der Waals surface area contributed by atoms with E-state index in [-0.39, 0.29) is 11.6 Å². The van der Waals surface area contributed by atoms with Crippen molar-refractivity contribution < 1.29 is 8.78 Å². The van der Waals surface area contributed by atoms with Crippen molar-refractivity contribution in [1.82, 2.24) is 0 Å². The molecule has 0 bridgehead atoms. The van der Waals surface area contributed by atoms with Gasteiger partial charge in [-0.05, 0) is 41.5 Å². The number of benzene rings is 3. The van der Waals surface area contributed by atoms with Crippen LogP contribution in [0.1, 0.15) is 31.7 Å². The van der Waals surface area contributed by atoms with Crippen LogP contribution in [0.4, 0.5) is 8.78 Å². The lowest BCUT2D eigenvalue weighted by Gasteiger charge is -2.09. The van der Waals surface area contributed by atoms with Gasteiger partial charge in [-0.1, -0.05) is 62.2 Å². The van der Waals surface area contributed by atoms with Gasteiger partial charge >= 0.3 is 0 Å². The van der Waals surface area contributed by atoms with Gasteiger partial charge in [-0.15, -0.1) is 0 Å². The zero-order chi connectivity index (χ0) is 16.2. The molecule has 0 amide bonds. The number of halogens is 2. The van der Waals surface area contributed by atoms with Gasteiger partial charge in [0.2, 0.25) is 0 Å². The van der Waals surface area contributed by atoms with Crippen LogP contribution in [0.5, 0.6) is 0 Å². The highest BCUT2D eigenvalue weighted by molar-refractivity contribution is 5.88. The highest BCUT2D eigenvalue weighted by atomic mass is 19.1. The summed E-state index contributed by atoms with van der Waals surface area (Å²) in [5, 5.41) is 1.54. The minimum Gasteiger partial charge on any atom is -0.207 e. The topological polar surface area (TPSA) is 0 Å². The third-order valence-electron chi connectivity index (χ3n) is 4.24. The Morgan fingerprint density at radius 1 is 0.826 bits per heavy atom. The Morgan fingerprint density at radius 3 is 2.35 bits per heavy atom. The van der Waals surface area contributed by atoms with Gasteiger partial charge in [0.25, 0.3) is 0 Å². The van der Waals surface area contributed by atoms with E-state index in [4.69, 9.17) is 0 Å². The molecule has 0 saturated carbocycles. The molecule has 0 aromatic heterocycles. The van der Waals surface area contributed by atoms with Crippen molar-refractivity contribution in [3.05, 3.63) is 71.8 Å². The summed E-state index contributed by atoms with van der Waals surface area (Å²) in [5.41, 5.74) is 2.45. The third-order valence-corrected chi connectivity index (χ3v) is 4.24. The van der Waals surface area contributed by atoms with E-state index in [0.717, 1.165) is 18.2 Å². The fourth-order valence-electron chi connectivity index (χ4n) is 2.93. The molecule has 0 N–H and O–H groups in total. The Labute approximate surface area is 135 Å². The first kappa shape index (κ1) is 15.7. The molecule has 2 heteroatoms. The highest BCUT2D eigenvalue weighted by Gasteiger charge is 2.10. The Bertz CT molecular complexity index is 804. The molecule has 0 aliphatic rings. The standard InChI is InChI=1S/C21H20F2/c1-2-3-4-5-15-6-12-20-17(14-15)9-13-19(21(20)23)16-7-10-18(22)11-8-16/h6-14H,2-5H2,1H3. The molecule has 0 heterocycles. The summed E-state index contributed by atoms with van der Waals surface area (Å²) in [6, 6.07) is 15.6. The predicted molar refractivity (Wildman–Crippen MR) is 92.5 cm³/mol. The largest absolute Gasteiger partial charge is 0.207 e. The molecule has 3 aromatic carbocycles. The fourth-order valence-corrected chi connectivity index (χ4v) is 2.93. The zero-order valence-corrected chi connectivity index (χ0v) is 13.3. The van der Waals surface area contributed by atoms with E-state index in [1.165, 1.54) is 30.5 Å². The summed E-state index contributed by atoms with van der Waals surface area (Å²) in [4.78, 5) is 0. The maximum atomic E-state index is 14.8. The summed E-state index contributed by atoms with van der Waals surface area (Å²) in [5.74, 6) is -0.555. The molecular formula is C21H20F2. The second kappa shape index (κ2) is 6.91. The molecule has 23 heavy (non-hydrogen) atoms. The van der Waals surface area contributed by atoms with Crippen LogP contribution >= 0.6 is 0 Å². The molecule has 3 aromatic rings. The maximum absolute atomic E-state index is 14.8. The van der Waals surface area contributed by atoms with Crippen molar-refractivity contribution in [2.75, 3.05) is 0 Å². The molecule has 3 rings (SSSR count). The Hall–Kier alpha value is -2.22. The first-order chi connectivity index (χ1) is 11.2. The number of hydrogen-bond donors (Lipinski definition) is 0. The minimum atomic E-state index is -0.313. The average molecular weight is 310 g/mol. The molecule has 0 aliphatic carbocycles. The number of unbranched alkanes of at least 4 members (excludes halogenated alkanes) is 2. The Kier molecular flexibility index (Phi) is 4.71. The first-order valence-corrected chi connectivity index (χ1v) is 8.16. The lowest BCUT2D eigenvalue weighted by molar-refractivity contribution is 0.627. The average Bonchev–Trinajstić information content (AvgIpc) is 2.56. The molecule has 0 atom stereocenters. The molecule has 0 fully saturated rings. The SMILES string of the molecule is CCCCCc1ccc2c(F)c(-c3ccc(F)cc3)ccc2c1. The number of hydrogen-bond acceptors (Lipinski definition) is 0. The molecule has 0 radical (unpaired) electrons. The van der Waals surface area contributed by atoms with Crippen LogP contribution in [0.3, 0.4) is 0 Å². The van der Waals surface area contributed by atoms with Crippen LogP contribution < -0.4 is 0 Å².